The van der Waals surface area contributed by atoms with Crippen molar-refractivity contribution in [2.24, 2.45) is 11.1 Å². The van der Waals surface area contributed by atoms with Crippen LogP contribution < -0.4 is 5.73 Å². The molecule has 3 atom stereocenters. The number of carbonyl (C=O) groups is 1. The number of hydrogen-bond donors (Lipinski definition) is 1. The average molecular weight is 226 g/mol. The molecule has 3 unspecified atom stereocenters. The van der Waals surface area contributed by atoms with Crippen molar-refractivity contribution >= 4 is 5.91 Å². The second kappa shape index (κ2) is 4.34. The summed E-state index contributed by atoms with van der Waals surface area (Å²) in [5, 5.41) is 0. The lowest BCUT2D eigenvalue weighted by atomic mass is 9.83. The van der Waals surface area contributed by atoms with Crippen molar-refractivity contribution in [2.75, 3.05) is 19.8 Å². The molecule has 4 heteroatoms. The van der Waals surface area contributed by atoms with Crippen molar-refractivity contribution in [3.05, 3.63) is 0 Å². The Labute approximate surface area is 97.1 Å². The van der Waals surface area contributed by atoms with Crippen LogP contribution in [0.2, 0.25) is 0 Å². The lowest BCUT2D eigenvalue weighted by Crippen LogP contribution is -2.54. The summed E-state index contributed by atoms with van der Waals surface area (Å²) < 4.78 is 5.35. The average Bonchev–Trinajstić information content (AvgIpc) is 2.60. The molecule has 2 aliphatic heterocycles. The normalized spacial score (nSPS) is 40.1. The molecule has 2 N–H and O–H groups in total. The van der Waals surface area contributed by atoms with Crippen LogP contribution in [-0.4, -0.2) is 42.6 Å². The van der Waals surface area contributed by atoms with Crippen LogP contribution in [0.3, 0.4) is 0 Å². The maximum absolute atomic E-state index is 12.5. The Hall–Kier alpha value is -0.610. The molecule has 0 aromatic rings. The van der Waals surface area contributed by atoms with E-state index in [0.29, 0.717) is 19.3 Å². The van der Waals surface area contributed by atoms with Gasteiger partial charge in [0.15, 0.2) is 0 Å². The topological polar surface area (TPSA) is 55.6 Å². The zero-order chi connectivity index (χ0) is 11.8. The molecule has 1 amide bonds. The molecule has 0 saturated carbocycles. The van der Waals surface area contributed by atoms with Crippen molar-refractivity contribution in [1.82, 2.24) is 4.90 Å². The van der Waals surface area contributed by atoms with E-state index in [4.69, 9.17) is 10.5 Å². The second-order valence-electron chi connectivity index (χ2n) is 5.38. The molecule has 0 aromatic heterocycles. The molecule has 4 nitrogen and oxygen atoms in total. The van der Waals surface area contributed by atoms with E-state index in [-0.39, 0.29) is 11.9 Å². The van der Waals surface area contributed by atoms with Crippen molar-refractivity contribution in [3.8, 4) is 0 Å². The van der Waals surface area contributed by atoms with Crippen molar-refractivity contribution in [1.29, 1.82) is 0 Å². The van der Waals surface area contributed by atoms with E-state index in [0.717, 1.165) is 19.4 Å². The Morgan fingerprint density at radius 3 is 2.81 bits per heavy atom. The van der Waals surface area contributed by atoms with Crippen molar-refractivity contribution < 1.29 is 9.53 Å². The number of nitrogens with two attached hydrogens (primary N) is 1. The number of rotatable bonds is 1. The number of ether oxygens (including phenoxy) is 1. The van der Waals surface area contributed by atoms with Gasteiger partial charge in [0.1, 0.15) is 0 Å². The largest absolute Gasteiger partial charge is 0.379 e. The van der Waals surface area contributed by atoms with Gasteiger partial charge in [-0.05, 0) is 33.1 Å². The smallest absolute Gasteiger partial charge is 0.232 e. The molecule has 2 heterocycles. The molecule has 0 spiro atoms. The predicted molar refractivity (Wildman–Crippen MR) is 61.9 cm³/mol. The third-order valence-electron chi connectivity index (χ3n) is 4.07. The second-order valence-corrected chi connectivity index (χ2v) is 5.38. The zero-order valence-corrected chi connectivity index (χ0v) is 10.2. The summed E-state index contributed by atoms with van der Waals surface area (Å²) in [6.07, 6.45) is 3.45. The minimum absolute atomic E-state index is 0.158. The molecule has 0 radical (unpaired) electrons. The SMILES string of the molecule is CC1CCCCN1C(=O)C1(C)COCC1N. The van der Waals surface area contributed by atoms with Crippen molar-refractivity contribution in [3.63, 3.8) is 0 Å². The van der Waals surface area contributed by atoms with Crippen molar-refractivity contribution in [2.45, 2.75) is 45.2 Å². The summed E-state index contributed by atoms with van der Waals surface area (Å²) in [6, 6.07) is 0.194. The summed E-state index contributed by atoms with van der Waals surface area (Å²) in [7, 11) is 0. The molecule has 2 saturated heterocycles. The molecule has 2 fully saturated rings. The van der Waals surface area contributed by atoms with E-state index in [2.05, 4.69) is 6.92 Å². The maximum Gasteiger partial charge on any atom is 0.232 e. The molecule has 16 heavy (non-hydrogen) atoms. The summed E-state index contributed by atoms with van der Waals surface area (Å²) in [5.41, 5.74) is 5.49. The molecule has 0 aliphatic carbocycles. The van der Waals surface area contributed by atoms with E-state index in [1.54, 1.807) is 0 Å². The minimum atomic E-state index is -0.508. The number of amides is 1. The first-order valence-electron chi connectivity index (χ1n) is 6.20. The fourth-order valence-electron chi connectivity index (χ4n) is 2.64. The first-order valence-corrected chi connectivity index (χ1v) is 6.20. The Morgan fingerprint density at radius 1 is 1.50 bits per heavy atom. The van der Waals surface area contributed by atoms with Crippen LogP contribution in [0.5, 0.6) is 0 Å². The van der Waals surface area contributed by atoms with Gasteiger partial charge >= 0.3 is 0 Å². The van der Waals surface area contributed by atoms with Gasteiger partial charge in [0, 0.05) is 18.6 Å². The lowest BCUT2D eigenvalue weighted by Gasteiger charge is -2.39. The van der Waals surface area contributed by atoms with Crippen LogP contribution in [-0.2, 0) is 9.53 Å². The number of hydrogen-bond acceptors (Lipinski definition) is 3. The van der Waals surface area contributed by atoms with Gasteiger partial charge in [-0.1, -0.05) is 0 Å². The Morgan fingerprint density at radius 2 is 2.25 bits per heavy atom. The number of nitrogens with zero attached hydrogens (tertiary/aromatic N) is 1. The molecule has 2 aliphatic rings. The van der Waals surface area contributed by atoms with Crippen LogP contribution in [0, 0.1) is 5.41 Å². The van der Waals surface area contributed by atoms with E-state index in [1.807, 2.05) is 11.8 Å². The monoisotopic (exact) mass is 226 g/mol. The highest BCUT2D eigenvalue weighted by atomic mass is 16.5. The van der Waals surface area contributed by atoms with E-state index < -0.39 is 5.41 Å². The highest BCUT2D eigenvalue weighted by Crippen LogP contribution is 2.32. The first kappa shape index (κ1) is 11.9. The van der Waals surface area contributed by atoms with Gasteiger partial charge in [-0.3, -0.25) is 4.79 Å². The van der Waals surface area contributed by atoms with E-state index in [1.165, 1.54) is 6.42 Å². The van der Waals surface area contributed by atoms with Gasteiger partial charge < -0.3 is 15.4 Å². The third kappa shape index (κ3) is 1.84. The van der Waals surface area contributed by atoms with E-state index in [9.17, 15) is 4.79 Å². The quantitative estimate of drug-likeness (QED) is 0.718. The first-order chi connectivity index (χ1) is 7.55. The Bertz CT molecular complexity index is 282. The highest BCUT2D eigenvalue weighted by Gasteiger charge is 2.47. The van der Waals surface area contributed by atoms with Crippen LogP contribution in [0.15, 0.2) is 0 Å². The predicted octanol–water partition coefficient (Wildman–Crippen LogP) is 0.751. The van der Waals surface area contributed by atoms with E-state index >= 15 is 0 Å². The van der Waals surface area contributed by atoms with Crippen LogP contribution >= 0.6 is 0 Å². The summed E-state index contributed by atoms with van der Waals surface area (Å²) in [4.78, 5) is 14.5. The van der Waals surface area contributed by atoms with Crippen LogP contribution in [0.4, 0.5) is 0 Å². The summed E-state index contributed by atoms with van der Waals surface area (Å²) >= 11 is 0. The summed E-state index contributed by atoms with van der Waals surface area (Å²) in [5.74, 6) is 0.185. The molecule has 0 aromatic carbocycles. The maximum atomic E-state index is 12.5. The molecule has 0 bridgehead atoms. The molecule has 92 valence electrons. The van der Waals surface area contributed by atoms with Gasteiger partial charge in [0.25, 0.3) is 0 Å². The van der Waals surface area contributed by atoms with Gasteiger partial charge in [0.2, 0.25) is 5.91 Å². The number of piperidine rings is 1. The third-order valence-corrected chi connectivity index (χ3v) is 4.07. The van der Waals surface area contributed by atoms with Gasteiger partial charge in [-0.2, -0.15) is 0 Å². The van der Waals surface area contributed by atoms with Gasteiger partial charge in [0.05, 0.1) is 18.6 Å². The minimum Gasteiger partial charge on any atom is -0.379 e. The molecule has 2 rings (SSSR count). The molecular formula is C12H22N2O2. The van der Waals surface area contributed by atoms with Crippen LogP contribution in [0.1, 0.15) is 33.1 Å². The van der Waals surface area contributed by atoms with Crippen LogP contribution in [0.25, 0.3) is 0 Å². The number of likely N-dealkylation sites (tertiary alicyclic amines) is 1. The fourth-order valence-corrected chi connectivity index (χ4v) is 2.64. The number of carbonyl (C=O) groups excluding carboxylic acids is 1. The van der Waals surface area contributed by atoms with Gasteiger partial charge in [-0.15, -0.1) is 0 Å². The van der Waals surface area contributed by atoms with Gasteiger partial charge in [-0.25, -0.2) is 0 Å². The fraction of sp³-hybridized carbons (Fsp3) is 0.917. The lowest BCUT2D eigenvalue weighted by molar-refractivity contribution is -0.145. The highest BCUT2D eigenvalue weighted by molar-refractivity contribution is 5.84. The zero-order valence-electron chi connectivity index (χ0n) is 10.2. The molecular weight excluding hydrogens is 204 g/mol. The Kier molecular flexibility index (Phi) is 3.22. The summed E-state index contributed by atoms with van der Waals surface area (Å²) in [6.45, 7) is 5.92. The standard InChI is InChI=1S/C12H22N2O2/c1-9-5-3-4-6-14(9)11(15)12(2)8-16-7-10(12)13/h9-10H,3-8,13H2,1-2H3. The Balaban J connectivity index is 2.11.